The van der Waals surface area contributed by atoms with E-state index in [0.717, 1.165) is 6.26 Å². The third kappa shape index (κ3) is 5.83. The summed E-state index contributed by atoms with van der Waals surface area (Å²) in [6.07, 6.45) is -4.34. The van der Waals surface area contributed by atoms with Crippen LogP contribution in [0.4, 0.5) is 13.6 Å². The Balaban J connectivity index is 1.55. The summed E-state index contributed by atoms with van der Waals surface area (Å²) in [6, 6.07) is 18.0. The molecule has 0 saturated carbocycles. The molecule has 1 atom stereocenters. The van der Waals surface area contributed by atoms with Crippen LogP contribution in [0.2, 0.25) is 0 Å². The summed E-state index contributed by atoms with van der Waals surface area (Å²) in [5.74, 6) is 0.329. The first-order valence-electron chi connectivity index (χ1n) is 13.5. The summed E-state index contributed by atoms with van der Waals surface area (Å²) in [5, 5.41) is 4.50. The Morgan fingerprint density at radius 1 is 0.978 bits per heavy atom. The van der Waals surface area contributed by atoms with Crippen LogP contribution in [0.25, 0.3) is 45.0 Å². The molecule has 0 saturated heterocycles. The van der Waals surface area contributed by atoms with E-state index < -0.39 is 28.3 Å². The highest BCUT2D eigenvalue weighted by molar-refractivity contribution is 7.90. The Hall–Kier alpha value is -5.24. The smallest absolute Gasteiger partial charge is 0.440 e. The van der Waals surface area contributed by atoms with Gasteiger partial charge >= 0.3 is 12.4 Å². The number of nitrogens with zero attached hydrogens (tertiary/aromatic N) is 3. The Morgan fingerprint density at radius 2 is 1.69 bits per heavy atom. The third-order valence-corrected chi connectivity index (χ3v) is 8.26. The van der Waals surface area contributed by atoms with Gasteiger partial charge < -0.3 is 24.4 Å². The number of rotatable bonds is 7. The summed E-state index contributed by atoms with van der Waals surface area (Å²) in [7, 11) is -1.76. The molecule has 0 spiro atoms. The van der Waals surface area contributed by atoms with E-state index in [1.54, 1.807) is 55.9 Å². The zero-order valence-electron chi connectivity index (χ0n) is 24.4. The minimum absolute atomic E-state index is 0.117. The van der Waals surface area contributed by atoms with E-state index in [2.05, 4.69) is 19.6 Å². The van der Waals surface area contributed by atoms with Crippen LogP contribution in [-0.4, -0.2) is 41.8 Å². The standard InChI is InChI=1S/C31H26F2N4O7S/c1-16(41-30(34)38)24-15-25(37(3)36-24)22-10-8-19(18-6-5-7-21(12-18)45(4,39)40)13-23(22)29-28(35-17(2)42-29)20-9-11-26-27(14-20)44-31(32,33)43-26/h5-16H,1-4H3,(H2,34,38). The first-order valence-corrected chi connectivity index (χ1v) is 15.4. The molecule has 3 heterocycles. The molecule has 0 radical (unpaired) electrons. The lowest BCUT2D eigenvalue weighted by Gasteiger charge is -2.13. The third-order valence-electron chi connectivity index (χ3n) is 7.15. The molecule has 6 rings (SSSR count). The summed E-state index contributed by atoms with van der Waals surface area (Å²) in [5.41, 5.74) is 9.48. The van der Waals surface area contributed by atoms with E-state index in [1.807, 2.05) is 18.2 Å². The zero-order chi connectivity index (χ0) is 32.3. The SMILES string of the molecule is Cc1nc(-c2ccc3c(c2)OC(F)(F)O3)c(-c2cc(-c3cccc(S(C)(=O)=O)c3)ccc2-c2cc(C(C)OC(N)=O)nn2C)o1. The number of aryl methyl sites for hydroxylation is 2. The summed E-state index contributed by atoms with van der Waals surface area (Å²) >= 11 is 0. The van der Waals surface area contributed by atoms with Gasteiger partial charge in [-0.1, -0.05) is 24.3 Å². The maximum Gasteiger partial charge on any atom is 0.586 e. The van der Waals surface area contributed by atoms with Gasteiger partial charge in [0, 0.05) is 36.9 Å². The van der Waals surface area contributed by atoms with Crippen LogP contribution < -0.4 is 15.2 Å². The van der Waals surface area contributed by atoms with Gasteiger partial charge in [-0.25, -0.2) is 18.2 Å². The monoisotopic (exact) mass is 636 g/mol. The van der Waals surface area contributed by atoms with Crippen LogP contribution >= 0.6 is 0 Å². The molecule has 1 aliphatic heterocycles. The van der Waals surface area contributed by atoms with Crippen LogP contribution in [0.3, 0.4) is 0 Å². The van der Waals surface area contributed by atoms with Crippen molar-refractivity contribution in [3.63, 3.8) is 0 Å². The Bertz CT molecular complexity index is 2090. The quantitative estimate of drug-likeness (QED) is 0.218. The minimum Gasteiger partial charge on any atom is -0.440 e. The fourth-order valence-electron chi connectivity index (χ4n) is 5.12. The van der Waals surface area contributed by atoms with Crippen molar-refractivity contribution in [2.45, 2.75) is 31.1 Å². The van der Waals surface area contributed by atoms with Crippen LogP contribution in [0.1, 0.15) is 24.6 Å². The number of benzene rings is 3. The van der Waals surface area contributed by atoms with Gasteiger partial charge in [0.25, 0.3) is 0 Å². The normalized spacial score (nSPS) is 14.4. The molecule has 1 amide bonds. The predicted octanol–water partition coefficient (Wildman–Crippen LogP) is 6.27. The van der Waals surface area contributed by atoms with Crippen molar-refractivity contribution in [2.75, 3.05) is 6.26 Å². The highest BCUT2D eigenvalue weighted by Gasteiger charge is 2.43. The molecule has 232 valence electrons. The maximum atomic E-state index is 13.8. The van der Waals surface area contributed by atoms with Gasteiger partial charge in [0.2, 0.25) is 0 Å². The number of halogens is 2. The number of amides is 1. The molecule has 0 bridgehead atoms. The Kier molecular flexibility index (Phi) is 7.11. The summed E-state index contributed by atoms with van der Waals surface area (Å²) in [4.78, 5) is 16.1. The summed E-state index contributed by atoms with van der Waals surface area (Å²) < 4.78 is 74.2. The van der Waals surface area contributed by atoms with Gasteiger partial charge in [0.15, 0.2) is 33.0 Å². The topological polar surface area (TPSA) is 149 Å². The van der Waals surface area contributed by atoms with E-state index in [1.165, 1.54) is 18.2 Å². The van der Waals surface area contributed by atoms with Crippen molar-refractivity contribution < 1.29 is 40.6 Å². The molecular weight excluding hydrogens is 610 g/mol. The van der Waals surface area contributed by atoms with Gasteiger partial charge in [-0.2, -0.15) is 5.10 Å². The zero-order valence-corrected chi connectivity index (χ0v) is 25.2. The first-order chi connectivity index (χ1) is 21.2. The number of primary amides is 1. The largest absolute Gasteiger partial charge is 0.586 e. The van der Waals surface area contributed by atoms with E-state index in [-0.39, 0.29) is 16.4 Å². The second-order valence-electron chi connectivity index (χ2n) is 10.5. The van der Waals surface area contributed by atoms with Crippen molar-refractivity contribution in [1.82, 2.24) is 14.8 Å². The molecular formula is C31H26F2N4O7S. The van der Waals surface area contributed by atoms with Gasteiger partial charge in [-0.05, 0) is 60.5 Å². The predicted molar refractivity (Wildman–Crippen MR) is 158 cm³/mol. The Morgan fingerprint density at radius 3 is 2.42 bits per heavy atom. The lowest BCUT2D eigenvalue weighted by molar-refractivity contribution is -0.286. The number of nitrogens with two attached hydrogens (primary N) is 1. The molecule has 3 aromatic carbocycles. The average Bonchev–Trinajstić information content (AvgIpc) is 3.64. The molecule has 1 aliphatic rings. The van der Waals surface area contributed by atoms with Crippen LogP contribution in [0, 0.1) is 6.92 Å². The van der Waals surface area contributed by atoms with Gasteiger partial charge in [0.05, 0.1) is 10.6 Å². The first kappa shape index (κ1) is 29.8. The van der Waals surface area contributed by atoms with Crippen molar-refractivity contribution in [3.8, 4) is 56.5 Å². The van der Waals surface area contributed by atoms with Crippen molar-refractivity contribution in [3.05, 3.63) is 78.3 Å². The Labute approximate surface area is 256 Å². The maximum absolute atomic E-state index is 13.8. The molecule has 11 nitrogen and oxygen atoms in total. The van der Waals surface area contributed by atoms with Crippen LogP contribution in [0.5, 0.6) is 11.5 Å². The number of sulfone groups is 1. The number of carbonyl (C=O) groups is 1. The lowest BCUT2D eigenvalue weighted by Crippen LogP contribution is -2.25. The number of ether oxygens (including phenoxy) is 3. The van der Waals surface area contributed by atoms with Crippen LogP contribution in [0.15, 0.2) is 76.0 Å². The highest BCUT2D eigenvalue weighted by atomic mass is 32.2. The number of hydrogen-bond acceptors (Lipinski definition) is 9. The molecule has 2 N–H and O–H groups in total. The number of hydrogen-bond donors (Lipinski definition) is 1. The van der Waals surface area contributed by atoms with Crippen molar-refractivity contribution in [2.24, 2.45) is 12.8 Å². The van der Waals surface area contributed by atoms with Gasteiger partial charge in [0.1, 0.15) is 17.5 Å². The van der Waals surface area contributed by atoms with E-state index in [9.17, 15) is 22.0 Å². The molecule has 5 aromatic rings. The second kappa shape index (κ2) is 10.7. The molecule has 2 aromatic heterocycles. The van der Waals surface area contributed by atoms with Crippen molar-refractivity contribution in [1.29, 1.82) is 0 Å². The van der Waals surface area contributed by atoms with Gasteiger partial charge in [-0.15, -0.1) is 8.78 Å². The summed E-state index contributed by atoms with van der Waals surface area (Å²) in [6.45, 7) is 3.29. The van der Waals surface area contributed by atoms with Crippen LogP contribution in [-0.2, 0) is 21.6 Å². The molecule has 14 heteroatoms. The number of fused-ring (bicyclic) bond motifs is 1. The number of alkyl halides is 2. The lowest BCUT2D eigenvalue weighted by atomic mass is 9.94. The second-order valence-corrected chi connectivity index (χ2v) is 12.5. The van der Waals surface area contributed by atoms with Gasteiger partial charge in [-0.3, -0.25) is 4.68 Å². The highest BCUT2D eigenvalue weighted by Crippen LogP contribution is 2.46. The number of oxazole rings is 1. The van der Waals surface area contributed by atoms with E-state index in [0.29, 0.717) is 56.6 Å². The molecule has 45 heavy (non-hydrogen) atoms. The fraction of sp³-hybridized carbons (Fsp3) is 0.194. The fourth-order valence-corrected chi connectivity index (χ4v) is 5.78. The number of aromatic nitrogens is 3. The molecule has 1 unspecified atom stereocenters. The average molecular weight is 637 g/mol. The number of carbonyl (C=O) groups excluding carboxylic acids is 1. The molecule has 0 fully saturated rings. The minimum atomic E-state index is -3.79. The molecule has 0 aliphatic carbocycles. The van der Waals surface area contributed by atoms with Crippen molar-refractivity contribution >= 4 is 15.9 Å². The van der Waals surface area contributed by atoms with E-state index >= 15 is 0 Å². The van der Waals surface area contributed by atoms with E-state index in [4.69, 9.17) is 14.9 Å².